The lowest BCUT2D eigenvalue weighted by molar-refractivity contribution is 0.436. The Bertz CT molecular complexity index is 674. The van der Waals surface area contributed by atoms with E-state index in [1.54, 1.807) is 4.68 Å². The fraction of sp³-hybridized carbons (Fsp3) is 0.500. The van der Waals surface area contributed by atoms with Crippen molar-refractivity contribution in [2.45, 2.75) is 33.1 Å². The fourth-order valence-corrected chi connectivity index (χ4v) is 2.84. The summed E-state index contributed by atoms with van der Waals surface area (Å²) < 4.78 is 1.70. The zero-order valence-electron chi connectivity index (χ0n) is 13.0. The molecule has 3 rings (SSSR count). The summed E-state index contributed by atoms with van der Waals surface area (Å²) >= 11 is 0. The average Bonchev–Trinajstić information content (AvgIpc) is 2.98. The largest absolute Gasteiger partial charge is 0.357 e. The maximum Gasteiger partial charge on any atom is 0.186 e. The van der Waals surface area contributed by atoms with Crippen LogP contribution in [0.3, 0.4) is 0 Å². The number of anilines is 1. The second-order valence-electron chi connectivity index (χ2n) is 5.81. The predicted molar refractivity (Wildman–Crippen MR) is 83.9 cm³/mol. The Morgan fingerprint density at radius 3 is 2.68 bits per heavy atom. The SMILES string of the molecule is CCc1c(C#N)nnn1-c1ccc(N2CCC(C)CC2)nc1. The minimum Gasteiger partial charge on any atom is -0.357 e. The van der Waals surface area contributed by atoms with Gasteiger partial charge in [0.2, 0.25) is 0 Å². The molecular weight excluding hydrogens is 276 g/mol. The highest BCUT2D eigenvalue weighted by atomic mass is 15.4. The highest BCUT2D eigenvalue weighted by Crippen LogP contribution is 2.22. The lowest BCUT2D eigenvalue weighted by Crippen LogP contribution is -2.33. The Morgan fingerprint density at radius 2 is 2.09 bits per heavy atom. The van der Waals surface area contributed by atoms with Crippen molar-refractivity contribution in [3.05, 3.63) is 29.7 Å². The number of hydrogen-bond acceptors (Lipinski definition) is 5. The van der Waals surface area contributed by atoms with Gasteiger partial charge in [0.15, 0.2) is 5.69 Å². The van der Waals surface area contributed by atoms with E-state index in [9.17, 15) is 0 Å². The third-order valence-corrected chi connectivity index (χ3v) is 4.29. The van der Waals surface area contributed by atoms with Crippen LogP contribution in [-0.2, 0) is 6.42 Å². The summed E-state index contributed by atoms with van der Waals surface area (Å²) in [5, 5.41) is 17.0. The van der Waals surface area contributed by atoms with E-state index in [0.717, 1.165) is 36.2 Å². The van der Waals surface area contributed by atoms with E-state index in [4.69, 9.17) is 5.26 Å². The highest BCUT2D eigenvalue weighted by Gasteiger charge is 2.17. The van der Waals surface area contributed by atoms with Crippen molar-refractivity contribution in [3.8, 4) is 11.8 Å². The maximum atomic E-state index is 9.06. The van der Waals surface area contributed by atoms with Gasteiger partial charge in [0.25, 0.3) is 0 Å². The van der Waals surface area contributed by atoms with Gasteiger partial charge in [0, 0.05) is 13.1 Å². The molecular formula is C16H20N6. The first-order valence-corrected chi connectivity index (χ1v) is 7.79. The molecule has 1 aliphatic rings. The van der Waals surface area contributed by atoms with Gasteiger partial charge in [0.1, 0.15) is 11.9 Å². The zero-order chi connectivity index (χ0) is 15.5. The van der Waals surface area contributed by atoms with Gasteiger partial charge in [-0.3, -0.25) is 0 Å². The number of pyridine rings is 1. The van der Waals surface area contributed by atoms with Gasteiger partial charge in [-0.05, 0) is 37.3 Å². The molecule has 0 radical (unpaired) electrons. The molecule has 1 saturated heterocycles. The maximum absolute atomic E-state index is 9.06. The molecule has 22 heavy (non-hydrogen) atoms. The Balaban J connectivity index is 1.83. The van der Waals surface area contributed by atoms with E-state index in [0.29, 0.717) is 12.1 Å². The Labute approximate surface area is 130 Å². The van der Waals surface area contributed by atoms with Crippen molar-refractivity contribution in [2.24, 2.45) is 5.92 Å². The summed E-state index contributed by atoms with van der Waals surface area (Å²) in [6.45, 7) is 6.43. The predicted octanol–water partition coefficient (Wildman–Crippen LogP) is 2.33. The number of hydrogen-bond donors (Lipinski definition) is 0. The van der Waals surface area contributed by atoms with Gasteiger partial charge in [-0.15, -0.1) is 5.10 Å². The normalized spacial score (nSPS) is 15.8. The van der Waals surface area contributed by atoms with Crippen molar-refractivity contribution < 1.29 is 0 Å². The van der Waals surface area contributed by atoms with E-state index in [1.807, 2.05) is 25.3 Å². The van der Waals surface area contributed by atoms with E-state index in [2.05, 4.69) is 33.2 Å². The first-order chi connectivity index (χ1) is 10.7. The molecule has 0 saturated carbocycles. The van der Waals surface area contributed by atoms with E-state index in [-0.39, 0.29) is 0 Å². The van der Waals surface area contributed by atoms with Crippen LogP contribution >= 0.6 is 0 Å². The smallest absolute Gasteiger partial charge is 0.186 e. The van der Waals surface area contributed by atoms with Crippen molar-refractivity contribution in [1.82, 2.24) is 20.0 Å². The number of nitrogens with zero attached hydrogens (tertiary/aromatic N) is 6. The molecule has 6 nitrogen and oxygen atoms in total. The number of piperidine rings is 1. The topological polar surface area (TPSA) is 70.6 Å². The Kier molecular flexibility index (Phi) is 4.05. The third-order valence-electron chi connectivity index (χ3n) is 4.29. The fourth-order valence-electron chi connectivity index (χ4n) is 2.84. The number of aromatic nitrogens is 4. The van der Waals surface area contributed by atoms with Crippen LogP contribution in [0.4, 0.5) is 5.82 Å². The molecule has 0 aromatic carbocycles. The highest BCUT2D eigenvalue weighted by molar-refractivity contribution is 5.44. The summed E-state index contributed by atoms with van der Waals surface area (Å²) in [5.41, 5.74) is 2.06. The summed E-state index contributed by atoms with van der Waals surface area (Å²) in [6.07, 6.45) is 4.96. The molecule has 0 spiro atoms. The molecule has 0 bridgehead atoms. The average molecular weight is 296 g/mol. The van der Waals surface area contributed by atoms with Crippen LogP contribution in [-0.4, -0.2) is 33.1 Å². The first kappa shape index (κ1) is 14.5. The van der Waals surface area contributed by atoms with Gasteiger partial charge in [0.05, 0.1) is 17.6 Å². The standard InChI is InChI=1S/C16H20N6/c1-3-15-14(10-17)19-20-22(15)13-4-5-16(18-11-13)21-8-6-12(2)7-9-21/h4-5,11-12H,3,6-9H2,1-2H3. The molecule has 0 N–H and O–H groups in total. The van der Waals surface area contributed by atoms with Crippen LogP contribution in [0.5, 0.6) is 0 Å². The van der Waals surface area contributed by atoms with Gasteiger partial charge in [-0.2, -0.15) is 5.26 Å². The van der Waals surface area contributed by atoms with Crippen LogP contribution in [0.1, 0.15) is 38.1 Å². The molecule has 1 aliphatic heterocycles. The van der Waals surface area contributed by atoms with Gasteiger partial charge >= 0.3 is 0 Å². The summed E-state index contributed by atoms with van der Waals surface area (Å²) in [7, 11) is 0. The third kappa shape index (κ3) is 2.67. The summed E-state index contributed by atoms with van der Waals surface area (Å²) in [5.74, 6) is 1.82. The van der Waals surface area contributed by atoms with Crippen molar-refractivity contribution in [2.75, 3.05) is 18.0 Å². The Hall–Kier alpha value is -2.42. The molecule has 2 aromatic rings. The minimum absolute atomic E-state index is 0.386. The summed E-state index contributed by atoms with van der Waals surface area (Å²) in [6, 6.07) is 6.10. The molecule has 3 heterocycles. The molecule has 6 heteroatoms. The van der Waals surface area contributed by atoms with E-state index in [1.165, 1.54) is 12.8 Å². The molecule has 0 amide bonds. The quantitative estimate of drug-likeness (QED) is 0.869. The lowest BCUT2D eigenvalue weighted by Gasteiger charge is -2.31. The zero-order valence-corrected chi connectivity index (χ0v) is 13.0. The van der Waals surface area contributed by atoms with Gasteiger partial charge in [-0.25, -0.2) is 9.67 Å². The van der Waals surface area contributed by atoms with Crippen LogP contribution < -0.4 is 4.90 Å². The number of nitriles is 1. The van der Waals surface area contributed by atoms with Crippen molar-refractivity contribution in [3.63, 3.8) is 0 Å². The van der Waals surface area contributed by atoms with E-state index >= 15 is 0 Å². The lowest BCUT2D eigenvalue weighted by atomic mass is 9.99. The Morgan fingerprint density at radius 1 is 1.32 bits per heavy atom. The second-order valence-corrected chi connectivity index (χ2v) is 5.81. The van der Waals surface area contributed by atoms with Crippen LogP contribution in [0, 0.1) is 17.2 Å². The molecule has 1 fully saturated rings. The van der Waals surface area contributed by atoms with E-state index < -0.39 is 0 Å². The van der Waals surface area contributed by atoms with Crippen LogP contribution in [0.2, 0.25) is 0 Å². The molecule has 0 unspecified atom stereocenters. The van der Waals surface area contributed by atoms with Gasteiger partial charge < -0.3 is 4.90 Å². The second kappa shape index (κ2) is 6.14. The van der Waals surface area contributed by atoms with Gasteiger partial charge in [-0.1, -0.05) is 19.1 Å². The number of rotatable bonds is 3. The monoisotopic (exact) mass is 296 g/mol. The van der Waals surface area contributed by atoms with Crippen LogP contribution in [0.25, 0.3) is 5.69 Å². The molecule has 2 aromatic heterocycles. The van der Waals surface area contributed by atoms with Crippen molar-refractivity contribution >= 4 is 5.82 Å². The van der Waals surface area contributed by atoms with Crippen molar-refractivity contribution in [1.29, 1.82) is 5.26 Å². The molecule has 0 atom stereocenters. The van der Waals surface area contributed by atoms with Crippen LogP contribution in [0.15, 0.2) is 18.3 Å². The molecule has 114 valence electrons. The minimum atomic E-state index is 0.386. The first-order valence-electron chi connectivity index (χ1n) is 7.79. The summed E-state index contributed by atoms with van der Waals surface area (Å²) in [4.78, 5) is 6.89. The molecule has 0 aliphatic carbocycles.